The minimum Gasteiger partial charge on any atom is -0.469 e. The van der Waals surface area contributed by atoms with Gasteiger partial charge in [0.2, 0.25) is 11.8 Å². The van der Waals surface area contributed by atoms with Crippen molar-refractivity contribution in [3.05, 3.63) is 71.9 Å². The van der Waals surface area contributed by atoms with Gasteiger partial charge in [-0.1, -0.05) is 81.1 Å². The Morgan fingerprint density at radius 1 is 0.930 bits per heavy atom. The van der Waals surface area contributed by atoms with Crippen molar-refractivity contribution in [2.75, 3.05) is 13.7 Å². The van der Waals surface area contributed by atoms with Crippen LogP contribution in [0, 0.1) is 0 Å². The second-order valence-corrected chi connectivity index (χ2v) is 11.0. The maximum absolute atomic E-state index is 14.1. The molecule has 9 nitrogen and oxygen atoms in total. The fourth-order valence-electron chi connectivity index (χ4n) is 5.58. The van der Waals surface area contributed by atoms with E-state index in [1.165, 1.54) is 7.11 Å². The van der Waals surface area contributed by atoms with Crippen LogP contribution in [0.4, 0.5) is 0 Å². The molecular formula is C34H46N4O5. The molecule has 0 aliphatic heterocycles. The van der Waals surface area contributed by atoms with E-state index in [0.717, 1.165) is 42.1 Å². The number of nitrogens with one attached hydrogen (secondary N) is 1. The number of para-hydroxylation sites is 1. The summed E-state index contributed by atoms with van der Waals surface area (Å²) in [5, 5.41) is 3.91. The maximum Gasteiger partial charge on any atom is 0.305 e. The summed E-state index contributed by atoms with van der Waals surface area (Å²) in [4.78, 5) is 53.5. The number of fused-ring (bicyclic) bond motifs is 1. The summed E-state index contributed by atoms with van der Waals surface area (Å²) in [5.41, 5.74) is 7.98. The zero-order chi connectivity index (χ0) is 31.2. The minimum atomic E-state index is -0.897. The summed E-state index contributed by atoms with van der Waals surface area (Å²) in [6.07, 6.45) is 5.45. The van der Waals surface area contributed by atoms with E-state index in [1.807, 2.05) is 72.2 Å². The van der Waals surface area contributed by atoms with E-state index in [2.05, 4.69) is 12.2 Å². The molecule has 0 saturated carbocycles. The van der Waals surface area contributed by atoms with Gasteiger partial charge in [0, 0.05) is 42.9 Å². The molecule has 3 rings (SSSR count). The molecule has 3 N–H and O–H groups in total. The molecule has 0 aliphatic rings. The van der Waals surface area contributed by atoms with Gasteiger partial charge in [0.15, 0.2) is 0 Å². The van der Waals surface area contributed by atoms with Gasteiger partial charge in [0.05, 0.1) is 7.11 Å². The van der Waals surface area contributed by atoms with Crippen molar-refractivity contribution in [3.8, 4) is 0 Å². The van der Waals surface area contributed by atoms with Gasteiger partial charge in [-0.15, -0.1) is 0 Å². The molecule has 43 heavy (non-hydrogen) atoms. The number of nitrogens with zero attached hydrogens (tertiary/aromatic N) is 2. The number of carbonyl (C=O) groups is 4. The maximum atomic E-state index is 14.1. The molecule has 2 atom stereocenters. The number of primary amides is 1. The highest BCUT2D eigenvalue weighted by molar-refractivity contribution is 6.01. The third-order valence-corrected chi connectivity index (χ3v) is 7.82. The predicted molar refractivity (Wildman–Crippen MR) is 168 cm³/mol. The lowest BCUT2D eigenvalue weighted by Gasteiger charge is -2.34. The second kappa shape index (κ2) is 17.1. The standard InChI is InChI=1S/C34H46N4O5/c1-4-6-7-11-18-27(23-31(35)39)37(5-2)34(42)28(19-14-21-32(40)43-3)36-33(41)30-22-26-17-12-13-20-29(26)38(30)24-25-15-9-8-10-16-25/h8-10,12-13,15-17,20,22,27-28H,4-7,11,14,18-19,21,23-24H2,1-3H3,(H2,35,39)(H,36,41)/t27-,28-/m0/s1. The van der Waals surface area contributed by atoms with Crippen LogP contribution in [0.1, 0.15) is 87.7 Å². The lowest BCUT2D eigenvalue weighted by atomic mass is 10.00. The number of benzene rings is 2. The summed E-state index contributed by atoms with van der Waals surface area (Å²) < 4.78 is 6.74. The lowest BCUT2D eigenvalue weighted by molar-refractivity contribution is -0.141. The molecule has 0 spiro atoms. The number of amides is 3. The zero-order valence-electron chi connectivity index (χ0n) is 25.7. The van der Waals surface area contributed by atoms with Crippen LogP contribution in [0.25, 0.3) is 10.9 Å². The Balaban J connectivity index is 1.91. The quantitative estimate of drug-likeness (QED) is 0.156. The van der Waals surface area contributed by atoms with Gasteiger partial charge < -0.3 is 25.3 Å². The van der Waals surface area contributed by atoms with E-state index in [0.29, 0.717) is 31.6 Å². The van der Waals surface area contributed by atoms with Crippen LogP contribution in [0.5, 0.6) is 0 Å². The van der Waals surface area contributed by atoms with Crippen molar-refractivity contribution < 1.29 is 23.9 Å². The summed E-state index contributed by atoms with van der Waals surface area (Å²) >= 11 is 0. The fraction of sp³-hybridized carbons (Fsp3) is 0.471. The van der Waals surface area contributed by atoms with Gasteiger partial charge >= 0.3 is 5.97 Å². The molecule has 0 saturated heterocycles. The van der Waals surface area contributed by atoms with Gasteiger partial charge in [-0.3, -0.25) is 19.2 Å². The number of esters is 1. The second-order valence-electron chi connectivity index (χ2n) is 11.0. The van der Waals surface area contributed by atoms with E-state index in [1.54, 1.807) is 4.90 Å². The van der Waals surface area contributed by atoms with Crippen molar-refractivity contribution in [1.29, 1.82) is 0 Å². The topological polar surface area (TPSA) is 124 Å². The Morgan fingerprint density at radius 3 is 2.33 bits per heavy atom. The molecule has 0 aliphatic carbocycles. The highest BCUT2D eigenvalue weighted by Crippen LogP contribution is 2.23. The van der Waals surface area contributed by atoms with Crippen LogP contribution in [0.15, 0.2) is 60.7 Å². The van der Waals surface area contributed by atoms with Crippen LogP contribution in [-0.2, 0) is 25.7 Å². The van der Waals surface area contributed by atoms with Crippen LogP contribution in [-0.4, -0.2) is 58.9 Å². The Kier molecular flexibility index (Phi) is 13.3. The zero-order valence-corrected chi connectivity index (χ0v) is 25.7. The SMILES string of the molecule is CCCCCC[C@@H](CC(N)=O)N(CC)C(=O)[C@H](CCCC(=O)OC)NC(=O)c1cc2ccccc2n1Cc1ccccc1. The third kappa shape index (κ3) is 9.70. The normalized spacial score (nSPS) is 12.4. The van der Waals surface area contributed by atoms with Gasteiger partial charge in [-0.25, -0.2) is 0 Å². The first kappa shape index (κ1) is 33.4. The van der Waals surface area contributed by atoms with Gasteiger partial charge in [0.25, 0.3) is 5.91 Å². The molecule has 1 heterocycles. The van der Waals surface area contributed by atoms with Crippen molar-refractivity contribution in [2.45, 2.75) is 90.3 Å². The van der Waals surface area contributed by atoms with Gasteiger partial charge in [0.1, 0.15) is 11.7 Å². The van der Waals surface area contributed by atoms with Crippen molar-refractivity contribution in [3.63, 3.8) is 0 Å². The summed E-state index contributed by atoms with van der Waals surface area (Å²) in [6.45, 7) is 4.84. The monoisotopic (exact) mass is 590 g/mol. The highest BCUT2D eigenvalue weighted by atomic mass is 16.5. The van der Waals surface area contributed by atoms with Crippen LogP contribution in [0.3, 0.4) is 0 Å². The number of methoxy groups -OCH3 is 1. The van der Waals surface area contributed by atoms with E-state index in [4.69, 9.17) is 10.5 Å². The van der Waals surface area contributed by atoms with Crippen molar-refractivity contribution in [2.24, 2.45) is 5.73 Å². The first-order chi connectivity index (χ1) is 20.8. The van der Waals surface area contributed by atoms with Gasteiger partial charge in [-0.2, -0.15) is 0 Å². The highest BCUT2D eigenvalue weighted by Gasteiger charge is 2.31. The first-order valence-electron chi connectivity index (χ1n) is 15.4. The lowest BCUT2D eigenvalue weighted by Crippen LogP contribution is -2.52. The molecule has 0 unspecified atom stereocenters. The molecule has 0 fully saturated rings. The number of hydrogen-bond donors (Lipinski definition) is 2. The molecular weight excluding hydrogens is 544 g/mol. The Morgan fingerprint density at radius 2 is 1.65 bits per heavy atom. The smallest absolute Gasteiger partial charge is 0.305 e. The molecule has 0 radical (unpaired) electrons. The number of carbonyl (C=O) groups excluding carboxylic acids is 4. The Labute approximate surface area is 254 Å². The average Bonchev–Trinajstić information content (AvgIpc) is 3.37. The van der Waals surface area contributed by atoms with E-state index in [9.17, 15) is 19.2 Å². The summed E-state index contributed by atoms with van der Waals surface area (Å²) in [7, 11) is 1.32. The van der Waals surface area contributed by atoms with Crippen LogP contribution < -0.4 is 11.1 Å². The first-order valence-corrected chi connectivity index (χ1v) is 15.4. The molecule has 0 bridgehead atoms. The largest absolute Gasteiger partial charge is 0.469 e. The molecule has 9 heteroatoms. The number of likely N-dealkylation sites (N-methyl/N-ethyl adjacent to an activating group) is 1. The molecule has 3 aromatic rings. The minimum absolute atomic E-state index is 0.0554. The molecule has 1 aromatic heterocycles. The van der Waals surface area contributed by atoms with E-state index < -0.39 is 11.9 Å². The number of aromatic nitrogens is 1. The number of nitrogens with two attached hydrogens (primary N) is 1. The Hall–Kier alpha value is -4.14. The fourth-order valence-corrected chi connectivity index (χ4v) is 5.58. The predicted octanol–water partition coefficient (Wildman–Crippen LogP) is 5.19. The summed E-state index contributed by atoms with van der Waals surface area (Å²) in [6, 6.07) is 18.2. The van der Waals surface area contributed by atoms with E-state index >= 15 is 0 Å². The number of unbranched alkanes of at least 4 members (excludes halogenated alkanes) is 3. The molecule has 2 aromatic carbocycles. The molecule has 3 amide bonds. The number of hydrogen-bond acceptors (Lipinski definition) is 5. The van der Waals surface area contributed by atoms with E-state index in [-0.39, 0.29) is 43.1 Å². The number of ether oxygens (including phenoxy) is 1. The van der Waals surface area contributed by atoms with Crippen LogP contribution >= 0.6 is 0 Å². The average molecular weight is 591 g/mol. The van der Waals surface area contributed by atoms with Gasteiger partial charge in [-0.05, 0) is 43.9 Å². The Bertz CT molecular complexity index is 1350. The third-order valence-electron chi connectivity index (χ3n) is 7.82. The van der Waals surface area contributed by atoms with Crippen LogP contribution in [0.2, 0.25) is 0 Å². The van der Waals surface area contributed by atoms with Crippen molar-refractivity contribution >= 4 is 34.6 Å². The number of rotatable bonds is 18. The summed E-state index contributed by atoms with van der Waals surface area (Å²) in [5.74, 6) is -1.51. The van der Waals surface area contributed by atoms with Crippen molar-refractivity contribution in [1.82, 2.24) is 14.8 Å². The molecule has 232 valence electrons.